The molecule has 0 spiro atoms. The lowest BCUT2D eigenvalue weighted by Crippen LogP contribution is -2.38. The maximum atomic E-state index is 12.3. The average molecular weight is 356 g/mol. The maximum absolute atomic E-state index is 12.3. The highest BCUT2D eigenvalue weighted by Gasteiger charge is 2.27. The molecular formula is C17H12N2O5S. The van der Waals surface area contributed by atoms with Crippen LogP contribution >= 0.6 is 11.8 Å². The number of ether oxygens (including phenoxy) is 1. The van der Waals surface area contributed by atoms with Gasteiger partial charge in [0.15, 0.2) is 6.61 Å². The Balaban J connectivity index is 1.69. The predicted molar refractivity (Wildman–Crippen MR) is 90.9 cm³/mol. The highest BCUT2D eigenvalue weighted by Crippen LogP contribution is 2.35. The van der Waals surface area contributed by atoms with E-state index in [0.717, 1.165) is 17.3 Å². The summed E-state index contributed by atoms with van der Waals surface area (Å²) in [5, 5.41) is 1.82. The first-order valence-electron chi connectivity index (χ1n) is 7.43. The summed E-state index contributed by atoms with van der Waals surface area (Å²) in [5.74, 6) is 0.00168. The second-order valence-corrected chi connectivity index (χ2v) is 6.49. The number of hydrogen-bond acceptors (Lipinski definition) is 6. The van der Waals surface area contributed by atoms with Crippen LogP contribution in [-0.2, 0) is 16.1 Å². The first-order chi connectivity index (χ1) is 12.1. The summed E-state index contributed by atoms with van der Waals surface area (Å²) >= 11 is 0.848. The average Bonchev–Trinajstić information content (AvgIpc) is 3.20. The van der Waals surface area contributed by atoms with Crippen molar-refractivity contribution in [1.29, 1.82) is 0 Å². The van der Waals surface area contributed by atoms with Crippen LogP contribution in [0.3, 0.4) is 0 Å². The number of nitrogens with zero attached hydrogens (tertiary/aromatic N) is 1. The van der Waals surface area contributed by atoms with Crippen molar-refractivity contribution in [2.24, 2.45) is 0 Å². The molecule has 8 heteroatoms. The van der Waals surface area contributed by atoms with Crippen molar-refractivity contribution in [3.05, 3.63) is 52.8 Å². The third kappa shape index (κ3) is 3.03. The highest BCUT2D eigenvalue weighted by atomic mass is 32.2. The number of thioether (sulfide) groups is 1. The van der Waals surface area contributed by atoms with Crippen LogP contribution in [0.25, 0.3) is 6.08 Å². The molecular weight excluding hydrogens is 344 g/mol. The van der Waals surface area contributed by atoms with Crippen molar-refractivity contribution in [3.63, 3.8) is 0 Å². The summed E-state index contributed by atoms with van der Waals surface area (Å²) in [4.78, 5) is 37.2. The lowest BCUT2D eigenvalue weighted by molar-refractivity contribution is -0.121. The molecule has 25 heavy (non-hydrogen) atoms. The lowest BCUT2D eigenvalue weighted by atomic mass is 10.1. The molecule has 0 atom stereocenters. The van der Waals surface area contributed by atoms with Crippen LogP contribution < -0.4 is 15.0 Å². The van der Waals surface area contributed by atoms with Crippen LogP contribution in [0.5, 0.6) is 5.75 Å². The van der Waals surface area contributed by atoms with Gasteiger partial charge in [0, 0.05) is 5.56 Å². The van der Waals surface area contributed by atoms with Gasteiger partial charge in [-0.1, -0.05) is 6.07 Å². The van der Waals surface area contributed by atoms with Crippen molar-refractivity contribution in [1.82, 2.24) is 5.32 Å². The van der Waals surface area contributed by atoms with Gasteiger partial charge in [0.2, 0.25) is 0 Å². The number of fused-ring (bicyclic) bond motifs is 1. The predicted octanol–water partition coefficient (Wildman–Crippen LogP) is 2.53. The molecule has 1 N–H and O–H groups in total. The molecule has 1 aromatic heterocycles. The molecule has 2 aliphatic rings. The molecule has 2 aliphatic heterocycles. The van der Waals surface area contributed by atoms with Crippen molar-refractivity contribution in [3.8, 4) is 5.75 Å². The third-order valence-corrected chi connectivity index (χ3v) is 4.60. The Morgan fingerprint density at radius 2 is 2.12 bits per heavy atom. The molecule has 3 amide bonds. The molecule has 7 nitrogen and oxygen atoms in total. The number of anilines is 1. The van der Waals surface area contributed by atoms with Crippen molar-refractivity contribution >= 4 is 40.6 Å². The van der Waals surface area contributed by atoms with Crippen LogP contribution in [-0.4, -0.2) is 23.7 Å². The molecule has 0 saturated carbocycles. The topological polar surface area (TPSA) is 88.9 Å². The van der Waals surface area contributed by atoms with E-state index in [2.05, 4.69) is 5.32 Å². The fraction of sp³-hybridized carbons (Fsp3) is 0.118. The van der Waals surface area contributed by atoms with Crippen LogP contribution in [0.2, 0.25) is 0 Å². The number of carbonyl (C=O) groups is 3. The molecule has 0 unspecified atom stereocenters. The van der Waals surface area contributed by atoms with Gasteiger partial charge >= 0.3 is 0 Å². The lowest BCUT2D eigenvalue weighted by Gasteiger charge is -2.29. The fourth-order valence-electron chi connectivity index (χ4n) is 2.62. The van der Waals surface area contributed by atoms with Gasteiger partial charge in [0.1, 0.15) is 5.75 Å². The summed E-state index contributed by atoms with van der Waals surface area (Å²) in [6, 6.07) is 7.07. The van der Waals surface area contributed by atoms with Gasteiger partial charge < -0.3 is 14.1 Å². The smallest absolute Gasteiger partial charge is 0.290 e. The van der Waals surface area contributed by atoms with Gasteiger partial charge in [-0.2, -0.15) is 0 Å². The Morgan fingerprint density at radius 1 is 1.24 bits per heavy atom. The zero-order chi connectivity index (χ0) is 17.4. The van der Waals surface area contributed by atoms with Gasteiger partial charge in [-0.15, -0.1) is 0 Å². The second-order valence-electron chi connectivity index (χ2n) is 5.48. The van der Waals surface area contributed by atoms with Crippen LogP contribution in [0.15, 0.2) is 46.1 Å². The number of nitrogens with one attached hydrogen (secondary N) is 1. The monoisotopic (exact) mass is 356 g/mol. The van der Waals surface area contributed by atoms with Crippen LogP contribution in [0.1, 0.15) is 11.1 Å². The van der Waals surface area contributed by atoms with Crippen molar-refractivity contribution < 1.29 is 23.5 Å². The van der Waals surface area contributed by atoms with E-state index in [1.54, 1.807) is 47.8 Å². The number of rotatable bonds is 3. The first kappa shape index (κ1) is 15.5. The van der Waals surface area contributed by atoms with Gasteiger partial charge in [-0.3, -0.25) is 19.7 Å². The SMILES string of the molecule is O=C1NC(=O)/C(=C/c2ccc3c(c2)N(Cc2ccoc2)C(=O)CO3)S1. The van der Waals surface area contributed by atoms with E-state index in [4.69, 9.17) is 9.15 Å². The quantitative estimate of drug-likeness (QED) is 0.850. The van der Waals surface area contributed by atoms with Gasteiger partial charge in [0.05, 0.1) is 29.7 Å². The fourth-order valence-corrected chi connectivity index (χ4v) is 3.30. The minimum atomic E-state index is -0.421. The van der Waals surface area contributed by atoms with E-state index in [-0.39, 0.29) is 12.5 Å². The highest BCUT2D eigenvalue weighted by molar-refractivity contribution is 8.18. The minimum absolute atomic E-state index is 0.0297. The number of furan rings is 1. The third-order valence-electron chi connectivity index (χ3n) is 3.79. The van der Waals surface area contributed by atoms with E-state index in [0.29, 0.717) is 28.5 Å². The molecule has 3 heterocycles. The Labute approximate surface area is 146 Å². The Hall–Kier alpha value is -3.00. The zero-order valence-electron chi connectivity index (χ0n) is 12.9. The summed E-state index contributed by atoms with van der Waals surface area (Å²) in [6.07, 6.45) is 4.74. The summed E-state index contributed by atoms with van der Waals surface area (Å²) in [5.41, 5.74) is 2.17. The normalized spacial score (nSPS) is 18.3. The van der Waals surface area contributed by atoms with Crippen molar-refractivity contribution in [2.45, 2.75) is 6.54 Å². The maximum Gasteiger partial charge on any atom is 0.290 e. The van der Waals surface area contributed by atoms with Crippen molar-refractivity contribution in [2.75, 3.05) is 11.5 Å². The number of hydrogen-bond donors (Lipinski definition) is 1. The molecule has 1 saturated heterocycles. The molecule has 1 fully saturated rings. The van der Waals surface area contributed by atoms with E-state index in [1.165, 1.54) is 0 Å². The van der Waals surface area contributed by atoms with E-state index in [9.17, 15) is 14.4 Å². The molecule has 126 valence electrons. The first-order valence-corrected chi connectivity index (χ1v) is 8.25. The Bertz CT molecular complexity index is 904. The van der Waals surface area contributed by atoms with Crippen LogP contribution in [0.4, 0.5) is 10.5 Å². The summed E-state index contributed by atoms with van der Waals surface area (Å²) in [7, 11) is 0. The molecule has 0 radical (unpaired) electrons. The number of amides is 3. The number of imide groups is 1. The second kappa shape index (κ2) is 6.14. The molecule has 1 aromatic carbocycles. The van der Waals surface area contributed by atoms with Gasteiger partial charge in [0.25, 0.3) is 17.1 Å². The van der Waals surface area contributed by atoms with Gasteiger partial charge in [-0.05, 0) is 41.6 Å². The summed E-state index contributed by atoms with van der Waals surface area (Å²) in [6.45, 7) is 0.331. The largest absolute Gasteiger partial charge is 0.482 e. The Kier molecular flexibility index (Phi) is 3.81. The number of benzene rings is 1. The van der Waals surface area contributed by atoms with Crippen LogP contribution in [0, 0.1) is 0 Å². The molecule has 0 bridgehead atoms. The molecule has 2 aromatic rings. The molecule has 0 aliphatic carbocycles. The zero-order valence-corrected chi connectivity index (χ0v) is 13.7. The van der Waals surface area contributed by atoms with E-state index < -0.39 is 11.1 Å². The Morgan fingerprint density at radius 3 is 2.84 bits per heavy atom. The van der Waals surface area contributed by atoms with E-state index >= 15 is 0 Å². The minimum Gasteiger partial charge on any atom is -0.482 e. The van der Waals surface area contributed by atoms with E-state index in [1.807, 2.05) is 0 Å². The summed E-state index contributed by atoms with van der Waals surface area (Å²) < 4.78 is 10.5. The standard InChI is InChI=1S/C17H12N2O5S/c20-15-9-24-13-2-1-10(6-14-16(21)18-17(22)25-14)5-12(13)19(15)7-11-3-4-23-8-11/h1-6,8H,7,9H2,(H,18,21,22)/b14-6-. The molecule has 4 rings (SSSR count). The van der Waals surface area contributed by atoms with Gasteiger partial charge in [-0.25, -0.2) is 0 Å². The number of carbonyl (C=O) groups excluding carboxylic acids is 3.